The molecular weight excluding hydrogens is 349 g/mol. The van der Waals surface area contributed by atoms with Gasteiger partial charge >= 0.3 is 6.18 Å². The Kier molecular flexibility index (Phi) is 5.05. The Morgan fingerprint density at radius 3 is 2.67 bits per heavy atom. The van der Waals surface area contributed by atoms with Gasteiger partial charge in [0.05, 0.1) is 5.56 Å². The number of amides is 1. The highest BCUT2D eigenvalue weighted by molar-refractivity contribution is 6.30. The van der Waals surface area contributed by atoms with Crippen LogP contribution in [0.25, 0.3) is 0 Å². The van der Waals surface area contributed by atoms with E-state index in [0.717, 1.165) is 4.68 Å². The van der Waals surface area contributed by atoms with E-state index < -0.39 is 35.8 Å². The highest BCUT2D eigenvalue weighted by atomic mass is 35.5. The van der Waals surface area contributed by atoms with E-state index in [2.05, 4.69) is 5.10 Å². The molecule has 0 aliphatic carbocycles. The number of benzene rings is 1. The summed E-state index contributed by atoms with van der Waals surface area (Å²) in [6.45, 7) is 0. The highest BCUT2D eigenvalue weighted by Gasteiger charge is 2.41. The van der Waals surface area contributed by atoms with Gasteiger partial charge in [-0.15, -0.1) is 0 Å². The number of aryl methyl sites for hydroxylation is 1. The van der Waals surface area contributed by atoms with Gasteiger partial charge in [0, 0.05) is 24.5 Å². The number of primary amides is 1. The number of alkyl halides is 3. The molecule has 1 amide bonds. The Bertz CT molecular complexity index is 761. The maximum absolute atomic E-state index is 13.2. The molecule has 1 heterocycles. The standard InChI is InChI=1S/C14H14ClF3N4O2/c1-22-13(24-8-4-2-3-7(15)5-8)11(9(19)6-10(20)23)12(21-22)14(16,17)18/h2-5,9H,6,19H2,1H3,(H2,20,23). The van der Waals surface area contributed by atoms with Gasteiger partial charge in [0.25, 0.3) is 0 Å². The molecule has 0 fully saturated rings. The Hall–Kier alpha value is -2.26. The molecule has 130 valence electrons. The molecule has 2 rings (SSSR count). The summed E-state index contributed by atoms with van der Waals surface area (Å²) in [7, 11) is 1.27. The van der Waals surface area contributed by atoms with E-state index in [9.17, 15) is 18.0 Å². The zero-order valence-corrected chi connectivity index (χ0v) is 13.2. The van der Waals surface area contributed by atoms with Gasteiger partial charge in [-0.25, -0.2) is 4.68 Å². The van der Waals surface area contributed by atoms with Crippen molar-refractivity contribution in [2.75, 3.05) is 0 Å². The summed E-state index contributed by atoms with van der Waals surface area (Å²) < 4.78 is 46.0. The van der Waals surface area contributed by atoms with Crippen LogP contribution in [0.4, 0.5) is 13.2 Å². The molecule has 6 nitrogen and oxygen atoms in total. The summed E-state index contributed by atoms with van der Waals surface area (Å²) in [5.41, 5.74) is 9.10. The molecule has 24 heavy (non-hydrogen) atoms. The van der Waals surface area contributed by atoms with Crippen molar-refractivity contribution in [3.8, 4) is 11.6 Å². The summed E-state index contributed by atoms with van der Waals surface area (Å²) in [5, 5.41) is 3.77. The maximum atomic E-state index is 13.2. The van der Waals surface area contributed by atoms with Crippen LogP contribution in [0, 0.1) is 0 Å². The van der Waals surface area contributed by atoms with E-state index in [1.807, 2.05) is 0 Å². The van der Waals surface area contributed by atoms with Crippen molar-refractivity contribution < 1.29 is 22.7 Å². The lowest BCUT2D eigenvalue weighted by Crippen LogP contribution is -2.23. The Morgan fingerprint density at radius 2 is 2.12 bits per heavy atom. The lowest BCUT2D eigenvalue weighted by Gasteiger charge is -2.15. The molecule has 2 aromatic rings. The number of carbonyl (C=O) groups excluding carboxylic acids is 1. The quantitative estimate of drug-likeness (QED) is 0.854. The summed E-state index contributed by atoms with van der Waals surface area (Å²) >= 11 is 5.83. The fourth-order valence-corrected chi connectivity index (χ4v) is 2.33. The fraction of sp³-hybridized carbons (Fsp3) is 0.286. The molecule has 0 spiro atoms. The third-order valence-electron chi connectivity index (χ3n) is 3.10. The Morgan fingerprint density at radius 1 is 1.46 bits per heavy atom. The van der Waals surface area contributed by atoms with Crippen LogP contribution in [-0.2, 0) is 18.0 Å². The summed E-state index contributed by atoms with van der Waals surface area (Å²) in [5.74, 6) is -0.877. The second kappa shape index (κ2) is 6.70. The number of aromatic nitrogens is 2. The van der Waals surface area contributed by atoms with Crippen molar-refractivity contribution in [3.63, 3.8) is 0 Å². The molecule has 10 heteroatoms. The largest absolute Gasteiger partial charge is 0.439 e. The SMILES string of the molecule is Cn1nc(C(F)(F)F)c(C(N)CC(N)=O)c1Oc1cccc(Cl)c1. The molecule has 1 atom stereocenters. The second-order valence-corrected chi connectivity index (χ2v) is 5.46. The number of carbonyl (C=O) groups is 1. The van der Waals surface area contributed by atoms with Crippen molar-refractivity contribution in [1.82, 2.24) is 9.78 Å². The molecule has 0 aliphatic heterocycles. The Labute approximate surface area is 140 Å². The lowest BCUT2D eigenvalue weighted by molar-refractivity contribution is -0.142. The van der Waals surface area contributed by atoms with Gasteiger partial charge in [0.15, 0.2) is 5.69 Å². The first kappa shape index (κ1) is 18.1. The molecule has 1 aromatic carbocycles. The number of rotatable bonds is 5. The number of hydrogen-bond donors (Lipinski definition) is 2. The molecule has 0 bridgehead atoms. The van der Waals surface area contributed by atoms with Gasteiger partial charge in [-0.05, 0) is 18.2 Å². The van der Waals surface area contributed by atoms with Crippen LogP contribution in [0.2, 0.25) is 5.02 Å². The molecule has 0 saturated heterocycles. The van der Waals surface area contributed by atoms with Crippen LogP contribution in [-0.4, -0.2) is 15.7 Å². The van der Waals surface area contributed by atoms with Crippen molar-refractivity contribution in [2.45, 2.75) is 18.6 Å². The van der Waals surface area contributed by atoms with E-state index in [-0.39, 0.29) is 11.6 Å². The van der Waals surface area contributed by atoms with Crippen molar-refractivity contribution in [2.24, 2.45) is 18.5 Å². The number of halogens is 4. The van der Waals surface area contributed by atoms with Crippen LogP contribution in [0.1, 0.15) is 23.7 Å². The van der Waals surface area contributed by atoms with Crippen molar-refractivity contribution >= 4 is 17.5 Å². The van der Waals surface area contributed by atoms with Crippen LogP contribution in [0.15, 0.2) is 24.3 Å². The number of ether oxygens (including phenoxy) is 1. The van der Waals surface area contributed by atoms with Crippen LogP contribution >= 0.6 is 11.6 Å². The van der Waals surface area contributed by atoms with Gasteiger partial charge in [-0.2, -0.15) is 18.3 Å². The van der Waals surface area contributed by atoms with Gasteiger partial charge in [-0.1, -0.05) is 17.7 Å². The van der Waals surface area contributed by atoms with Gasteiger partial charge in [0.2, 0.25) is 11.8 Å². The molecule has 0 radical (unpaired) electrons. The number of nitrogens with zero attached hydrogens (tertiary/aromatic N) is 2. The molecule has 0 aliphatic rings. The lowest BCUT2D eigenvalue weighted by atomic mass is 10.0. The smallest absolute Gasteiger partial charge is 0.435 e. The molecule has 4 N–H and O–H groups in total. The van der Waals surface area contributed by atoms with Crippen molar-refractivity contribution in [3.05, 3.63) is 40.5 Å². The number of nitrogens with two attached hydrogens (primary N) is 2. The summed E-state index contributed by atoms with van der Waals surface area (Å²) in [6, 6.07) is 4.77. The van der Waals surface area contributed by atoms with Gasteiger partial charge in [-0.3, -0.25) is 4.79 Å². The normalized spacial score (nSPS) is 12.9. The molecule has 0 saturated carbocycles. The van der Waals surface area contributed by atoms with E-state index >= 15 is 0 Å². The summed E-state index contributed by atoms with van der Waals surface area (Å²) in [6.07, 6.45) is -5.25. The second-order valence-electron chi connectivity index (χ2n) is 5.03. The predicted octanol–water partition coefficient (Wildman–Crippen LogP) is 2.76. The summed E-state index contributed by atoms with van der Waals surface area (Å²) in [4.78, 5) is 11.0. The minimum Gasteiger partial charge on any atom is -0.439 e. The molecule has 1 aromatic heterocycles. The topological polar surface area (TPSA) is 96.2 Å². The third kappa shape index (κ3) is 3.98. The first-order valence-corrected chi connectivity index (χ1v) is 7.08. The van der Waals surface area contributed by atoms with Crippen molar-refractivity contribution in [1.29, 1.82) is 0 Å². The minimum absolute atomic E-state index is 0.201. The molecule has 1 unspecified atom stereocenters. The first-order valence-electron chi connectivity index (χ1n) is 6.71. The van der Waals surface area contributed by atoms with E-state index in [1.54, 1.807) is 12.1 Å². The Balaban J connectivity index is 2.53. The maximum Gasteiger partial charge on any atom is 0.435 e. The third-order valence-corrected chi connectivity index (χ3v) is 3.34. The van der Waals surface area contributed by atoms with Crippen LogP contribution < -0.4 is 16.2 Å². The van der Waals surface area contributed by atoms with E-state index in [0.29, 0.717) is 5.02 Å². The predicted molar refractivity (Wildman–Crippen MR) is 80.5 cm³/mol. The van der Waals surface area contributed by atoms with Crippen LogP contribution in [0.5, 0.6) is 11.6 Å². The van der Waals surface area contributed by atoms with Gasteiger partial charge in [0.1, 0.15) is 5.75 Å². The molecular formula is C14H14ClF3N4O2. The highest BCUT2D eigenvalue weighted by Crippen LogP contribution is 2.40. The fourth-order valence-electron chi connectivity index (χ4n) is 2.15. The zero-order chi connectivity index (χ0) is 18.1. The minimum atomic E-state index is -4.77. The average Bonchev–Trinajstić information content (AvgIpc) is 2.75. The van der Waals surface area contributed by atoms with Crippen LogP contribution in [0.3, 0.4) is 0 Å². The van der Waals surface area contributed by atoms with Gasteiger partial charge < -0.3 is 16.2 Å². The van der Waals surface area contributed by atoms with E-state index in [1.165, 1.54) is 19.2 Å². The number of hydrogen-bond acceptors (Lipinski definition) is 4. The monoisotopic (exact) mass is 362 g/mol. The first-order chi connectivity index (χ1) is 11.1. The average molecular weight is 363 g/mol. The zero-order valence-electron chi connectivity index (χ0n) is 12.5. The van der Waals surface area contributed by atoms with E-state index in [4.69, 9.17) is 27.8 Å².